The van der Waals surface area contributed by atoms with E-state index in [1.54, 1.807) is 0 Å². The van der Waals surface area contributed by atoms with Crippen molar-refractivity contribution in [2.45, 2.75) is 27.2 Å². The van der Waals surface area contributed by atoms with E-state index in [0.29, 0.717) is 0 Å². The van der Waals surface area contributed by atoms with Gasteiger partial charge in [0.1, 0.15) is 0 Å². The Hall–Kier alpha value is -0.780. The van der Waals surface area contributed by atoms with Crippen molar-refractivity contribution in [3.05, 3.63) is 36.0 Å². The smallest absolute Gasteiger partial charge is 0.0113 e. The van der Waals surface area contributed by atoms with E-state index in [2.05, 4.69) is 26.2 Å². The van der Waals surface area contributed by atoms with E-state index >= 15 is 0 Å². The summed E-state index contributed by atoms with van der Waals surface area (Å²) in [7, 11) is 0. The molecule has 0 aromatic rings. The lowest BCUT2D eigenvalue weighted by atomic mass is 10.1. The first kappa shape index (κ1) is 9.22. The second-order valence-electron chi connectivity index (χ2n) is 2.97. The van der Waals surface area contributed by atoms with Gasteiger partial charge in [0.05, 0.1) is 0 Å². The van der Waals surface area contributed by atoms with Gasteiger partial charge in [0.25, 0.3) is 0 Å². The Bertz CT molecular complexity index is 170. The molecule has 0 fully saturated rings. The van der Waals surface area contributed by atoms with Crippen LogP contribution in [0.25, 0.3) is 0 Å². The standard InChI is InChI=1S/C10H16/c1-8(2)6-10(5)7-9(3)4/h6H,1,3,7H2,2,4-5H3/b10-6-. The fourth-order valence-electron chi connectivity index (χ4n) is 0.948. The third-order valence-electron chi connectivity index (χ3n) is 1.07. The average molecular weight is 136 g/mol. The van der Waals surface area contributed by atoms with Crippen LogP contribution < -0.4 is 0 Å². The molecule has 0 saturated carbocycles. The molecule has 0 rings (SSSR count). The minimum atomic E-state index is 0.993. The lowest BCUT2D eigenvalue weighted by molar-refractivity contribution is 1.11. The molecule has 0 saturated heterocycles. The molecule has 0 N–H and O–H groups in total. The van der Waals surface area contributed by atoms with Crippen LogP contribution in [0.1, 0.15) is 27.2 Å². The average Bonchev–Trinajstić information content (AvgIpc) is 1.58. The zero-order chi connectivity index (χ0) is 8.15. The summed E-state index contributed by atoms with van der Waals surface area (Å²) in [6, 6.07) is 0. The first-order chi connectivity index (χ1) is 4.52. The highest BCUT2D eigenvalue weighted by molar-refractivity contribution is 5.20. The van der Waals surface area contributed by atoms with Crippen molar-refractivity contribution in [2.24, 2.45) is 0 Å². The molecule has 0 aliphatic heterocycles. The van der Waals surface area contributed by atoms with Gasteiger partial charge in [0.2, 0.25) is 0 Å². The number of rotatable bonds is 3. The molecule has 0 aromatic heterocycles. The van der Waals surface area contributed by atoms with Crippen LogP contribution in [-0.2, 0) is 0 Å². The molecule has 0 nitrogen and oxygen atoms in total. The number of hydrogen-bond donors (Lipinski definition) is 0. The van der Waals surface area contributed by atoms with Crippen molar-refractivity contribution in [3.8, 4) is 0 Å². The van der Waals surface area contributed by atoms with Crippen molar-refractivity contribution >= 4 is 0 Å². The summed E-state index contributed by atoms with van der Waals surface area (Å²) >= 11 is 0. The molecule has 0 spiro atoms. The molecule has 0 heterocycles. The monoisotopic (exact) mass is 136 g/mol. The normalized spacial score (nSPS) is 11.3. The van der Waals surface area contributed by atoms with Gasteiger partial charge in [-0.3, -0.25) is 0 Å². The van der Waals surface area contributed by atoms with E-state index in [0.717, 1.165) is 12.0 Å². The molecule has 0 aliphatic rings. The van der Waals surface area contributed by atoms with Crippen LogP contribution in [0.3, 0.4) is 0 Å². The van der Waals surface area contributed by atoms with Crippen molar-refractivity contribution in [1.29, 1.82) is 0 Å². The number of allylic oxidation sites excluding steroid dienone is 4. The van der Waals surface area contributed by atoms with Gasteiger partial charge in [0.15, 0.2) is 0 Å². The lowest BCUT2D eigenvalue weighted by Crippen LogP contribution is -1.78. The Balaban J connectivity index is 3.95. The van der Waals surface area contributed by atoms with Crippen molar-refractivity contribution in [1.82, 2.24) is 0 Å². The van der Waals surface area contributed by atoms with Gasteiger partial charge in [-0.15, -0.1) is 0 Å². The second-order valence-corrected chi connectivity index (χ2v) is 2.97. The highest BCUT2D eigenvalue weighted by Crippen LogP contribution is 2.09. The molecule has 0 atom stereocenters. The highest BCUT2D eigenvalue weighted by Gasteiger charge is 1.88. The summed E-state index contributed by atoms with van der Waals surface area (Å²) in [6.07, 6.45) is 3.08. The number of hydrogen-bond acceptors (Lipinski definition) is 0. The summed E-state index contributed by atoms with van der Waals surface area (Å²) in [4.78, 5) is 0. The van der Waals surface area contributed by atoms with Crippen LogP contribution >= 0.6 is 0 Å². The van der Waals surface area contributed by atoms with Gasteiger partial charge >= 0.3 is 0 Å². The van der Waals surface area contributed by atoms with Crippen molar-refractivity contribution < 1.29 is 0 Å². The summed E-state index contributed by atoms with van der Waals surface area (Å²) in [5.41, 5.74) is 3.65. The predicted molar refractivity (Wildman–Crippen MR) is 48.0 cm³/mol. The lowest BCUT2D eigenvalue weighted by Gasteiger charge is -1.98. The molecule has 0 aromatic carbocycles. The van der Waals surface area contributed by atoms with Gasteiger partial charge in [-0.1, -0.05) is 36.0 Å². The molecule has 0 bridgehead atoms. The Morgan fingerprint density at radius 2 is 1.70 bits per heavy atom. The van der Waals surface area contributed by atoms with Crippen molar-refractivity contribution in [2.75, 3.05) is 0 Å². The van der Waals surface area contributed by atoms with Crippen LogP contribution in [0.4, 0.5) is 0 Å². The van der Waals surface area contributed by atoms with E-state index in [9.17, 15) is 0 Å². The fourth-order valence-corrected chi connectivity index (χ4v) is 0.948. The largest absolute Gasteiger partial charge is 0.0998 e. The molecular formula is C10H16. The summed E-state index contributed by atoms with van der Waals surface area (Å²) in [5.74, 6) is 0. The Morgan fingerprint density at radius 3 is 2.00 bits per heavy atom. The molecule has 0 amide bonds. The van der Waals surface area contributed by atoms with Gasteiger partial charge in [-0.2, -0.15) is 0 Å². The fraction of sp³-hybridized carbons (Fsp3) is 0.400. The Labute approximate surface area is 64.0 Å². The first-order valence-electron chi connectivity index (χ1n) is 3.49. The van der Waals surface area contributed by atoms with E-state index in [4.69, 9.17) is 0 Å². The van der Waals surface area contributed by atoms with E-state index in [-0.39, 0.29) is 0 Å². The quantitative estimate of drug-likeness (QED) is 0.411. The minimum Gasteiger partial charge on any atom is -0.0998 e. The SMILES string of the molecule is C=C(C)/C=C(/C)CC(=C)C. The third kappa shape index (κ3) is 5.36. The summed E-state index contributed by atoms with van der Waals surface area (Å²) < 4.78 is 0. The maximum atomic E-state index is 3.83. The summed E-state index contributed by atoms with van der Waals surface area (Å²) in [6.45, 7) is 13.8. The third-order valence-corrected chi connectivity index (χ3v) is 1.07. The molecular weight excluding hydrogens is 120 g/mol. The van der Waals surface area contributed by atoms with Crippen LogP contribution in [0.15, 0.2) is 36.0 Å². The molecule has 10 heavy (non-hydrogen) atoms. The maximum absolute atomic E-state index is 3.83. The highest BCUT2D eigenvalue weighted by atomic mass is 13.9. The van der Waals surface area contributed by atoms with Crippen LogP contribution in [0, 0.1) is 0 Å². The van der Waals surface area contributed by atoms with Crippen LogP contribution in [0.2, 0.25) is 0 Å². The molecule has 0 heteroatoms. The zero-order valence-corrected chi connectivity index (χ0v) is 7.20. The van der Waals surface area contributed by atoms with E-state index in [1.807, 2.05) is 13.8 Å². The van der Waals surface area contributed by atoms with Crippen LogP contribution in [-0.4, -0.2) is 0 Å². The predicted octanol–water partition coefficient (Wildman–Crippen LogP) is 3.48. The van der Waals surface area contributed by atoms with Crippen molar-refractivity contribution in [3.63, 3.8) is 0 Å². The maximum Gasteiger partial charge on any atom is -0.0113 e. The topological polar surface area (TPSA) is 0 Å². The first-order valence-corrected chi connectivity index (χ1v) is 3.49. The van der Waals surface area contributed by atoms with E-state index < -0.39 is 0 Å². The Kier molecular flexibility index (Phi) is 3.78. The summed E-state index contributed by atoms with van der Waals surface area (Å²) in [5, 5.41) is 0. The molecule has 0 unspecified atom stereocenters. The van der Waals surface area contributed by atoms with Gasteiger partial charge < -0.3 is 0 Å². The molecule has 0 radical (unpaired) electrons. The second kappa shape index (κ2) is 4.10. The minimum absolute atomic E-state index is 0.993. The molecule has 56 valence electrons. The van der Waals surface area contributed by atoms with E-state index in [1.165, 1.54) is 11.1 Å². The van der Waals surface area contributed by atoms with Crippen LogP contribution in [0.5, 0.6) is 0 Å². The Morgan fingerprint density at radius 1 is 1.20 bits per heavy atom. The van der Waals surface area contributed by atoms with Gasteiger partial charge in [0, 0.05) is 0 Å². The zero-order valence-electron chi connectivity index (χ0n) is 7.20. The van der Waals surface area contributed by atoms with Gasteiger partial charge in [-0.05, 0) is 27.2 Å². The molecule has 0 aliphatic carbocycles. The van der Waals surface area contributed by atoms with Gasteiger partial charge in [-0.25, -0.2) is 0 Å².